The average Bonchev–Trinajstić information content (AvgIpc) is 2.75. The smallest absolute Gasteiger partial charge is 0.240 e. The van der Waals surface area contributed by atoms with Crippen LogP contribution in [0.5, 0.6) is 0 Å². The molecular weight excluding hydrogens is 511 g/mol. The molecule has 0 bridgehead atoms. The summed E-state index contributed by atoms with van der Waals surface area (Å²) < 4.78 is 27.3. The molecule has 1 aliphatic rings. The normalized spacial score (nSPS) is 14.7. The van der Waals surface area contributed by atoms with Gasteiger partial charge in [0.05, 0.1) is 4.90 Å². The van der Waals surface area contributed by atoms with E-state index in [2.05, 4.69) is 50.3 Å². The molecule has 0 amide bonds. The van der Waals surface area contributed by atoms with Crippen molar-refractivity contribution in [3.05, 3.63) is 71.8 Å². The summed E-state index contributed by atoms with van der Waals surface area (Å²) in [6, 6.07) is 17.2. The maximum absolute atomic E-state index is 12.3. The first kappa shape index (κ1) is 24.4. The van der Waals surface area contributed by atoms with Crippen LogP contribution in [-0.4, -0.2) is 52.5 Å². The third-order valence-electron chi connectivity index (χ3n) is 4.90. The highest BCUT2D eigenvalue weighted by Crippen LogP contribution is 2.21. The summed E-state index contributed by atoms with van der Waals surface area (Å²) in [6.45, 7) is 4.32. The number of nitrogens with zero attached hydrogens (tertiary/aromatic N) is 2. The van der Waals surface area contributed by atoms with Crippen molar-refractivity contribution in [2.45, 2.75) is 18.2 Å². The minimum Gasteiger partial charge on any atom is -0.355 e. The van der Waals surface area contributed by atoms with Gasteiger partial charge in [-0.3, -0.25) is 4.99 Å². The van der Waals surface area contributed by atoms with Crippen LogP contribution >= 0.6 is 24.0 Å². The van der Waals surface area contributed by atoms with E-state index in [1.165, 1.54) is 11.1 Å². The molecule has 0 saturated carbocycles. The van der Waals surface area contributed by atoms with Crippen LogP contribution in [0.1, 0.15) is 17.5 Å². The molecule has 1 aliphatic heterocycles. The number of aliphatic imine (C=N–C) groups is 1. The minimum absolute atomic E-state index is 0. The molecule has 2 N–H and O–H groups in total. The fourth-order valence-corrected chi connectivity index (χ4v) is 4.30. The third-order valence-corrected chi connectivity index (χ3v) is 6.37. The van der Waals surface area contributed by atoms with E-state index >= 15 is 0 Å². The van der Waals surface area contributed by atoms with E-state index in [4.69, 9.17) is 0 Å². The van der Waals surface area contributed by atoms with E-state index < -0.39 is 10.0 Å². The number of sulfonamides is 1. The van der Waals surface area contributed by atoms with Crippen molar-refractivity contribution in [2.24, 2.45) is 4.99 Å². The van der Waals surface area contributed by atoms with Gasteiger partial charge in [-0.1, -0.05) is 54.1 Å². The molecule has 30 heavy (non-hydrogen) atoms. The second kappa shape index (κ2) is 11.5. The fourth-order valence-electron chi connectivity index (χ4n) is 3.27. The number of guanidine groups is 1. The molecule has 0 atom stereocenters. The number of aryl methyl sites for hydroxylation is 1. The summed E-state index contributed by atoms with van der Waals surface area (Å²) in [5, 5.41) is 3.25. The molecule has 3 rings (SSSR count). The van der Waals surface area contributed by atoms with Crippen LogP contribution in [0.2, 0.25) is 0 Å². The molecule has 2 aromatic rings. The molecule has 8 heteroatoms. The van der Waals surface area contributed by atoms with Crippen LogP contribution < -0.4 is 10.0 Å². The molecule has 0 radical (unpaired) electrons. The number of benzene rings is 2. The number of rotatable bonds is 6. The van der Waals surface area contributed by atoms with E-state index in [1.807, 2.05) is 13.0 Å². The van der Waals surface area contributed by atoms with Crippen LogP contribution in [0, 0.1) is 6.92 Å². The Morgan fingerprint density at radius 2 is 1.77 bits per heavy atom. The van der Waals surface area contributed by atoms with E-state index in [1.54, 1.807) is 31.3 Å². The van der Waals surface area contributed by atoms with Gasteiger partial charge in [-0.25, -0.2) is 13.1 Å². The Hall–Kier alpha value is -1.91. The van der Waals surface area contributed by atoms with Gasteiger partial charge in [-0.05, 0) is 36.6 Å². The Bertz CT molecular complexity index is 974. The maximum atomic E-state index is 12.3. The van der Waals surface area contributed by atoms with Gasteiger partial charge in [0.25, 0.3) is 0 Å². The van der Waals surface area contributed by atoms with Crippen LogP contribution in [0.15, 0.2) is 70.6 Å². The number of halogens is 1. The summed E-state index contributed by atoms with van der Waals surface area (Å²) in [6.07, 6.45) is 3.18. The van der Waals surface area contributed by atoms with E-state index in [0.717, 1.165) is 31.0 Å². The van der Waals surface area contributed by atoms with Crippen molar-refractivity contribution in [3.8, 4) is 0 Å². The van der Waals surface area contributed by atoms with Gasteiger partial charge in [0.2, 0.25) is 10.0 Å². The molecule has 6 nitrogen and oxygen atoms in total. The molecule has 0 saturated heterocycles. The second-order valence-electron chi connectivity index (χ2n) is 6.98. The molecule has 0 aliphatic carbocycles. The van der Waals surface area contributed by atoms with E-state index in [9.17, 15) is 8.42 Å². The van der Waals surface area contributed by atoms with Gasteiger partial charge in [0, 0.05) is 33.2 Å². The Kier molecular flexibility index (Phi) is 9.32. The quantitative estimate of drug-likeness (QED) is 0.256. The summed E-state index contributed by atoms with van der Waals surface area (Å²) in [4.78, 5) is 6.78. The monoisotopic (exact) mass is 540 g/mol. The lowest BCUT2D eigenvalue weighted by atomic mass is 10.00. The Labute approximate surface area is 196 Å². The zero-order valence-electron chi connectivity index (χ0n) is 17.3. The summed E-state index contributed by atoms with van der Waals surface area (Å²) in [7, 11) is -1.75. The predicted octanol–water partition coefficient (Wildman–Crippen LogP) is 3.26. The lowest BCUT2D eigenvalue weighted by Crippen LogP contribution is -2.45. The molecule has 0 unspecified atom stereocenters. The predicted molar refractivity (Wildman–Crippen MR) is 134 cm³/mol. The first-order valence-electron chi connectivity index (χ1n) is 9.76. The minimum atomic E-state index is -3.50. The van der Waals surface area contributed by atoms with E-state index in [-0.39, 0.29) is 35.4 Å². The standard InChI is InChI=1S/C22H28N4O2S.HI/c1-18-8-10-21(11-9-18)29(27,28)25-15-14-24-22(23-2)26-16-12-20(13-17-26)19-6-4-3-5-7-19;/h3-12,25H,13-17H2,1-2H3,(H,23,24);1H. The van der Waals surface area contributed by atoms with Crippen LogP contribution in [0.25, 0.3) is 5.57 Å². The second-order valence-corrected chi connectivity index (χ2v) is 8.74. The molecule has 0 fully saturated rings. The maximum Gasteiger partial charge on any atom is 0.240 e. The first-order valence-corrected chi connectivity index (χ1v) is 11.2. The number of hydrogen-bond donors (Lipinski definition) is 2. The van der Waals surface area contributed by atoms with Crippen molar-refractivity contribution in [1.82, 2.24) is 14.9 Å². The largest absolute Gasteiger partial charge is 0.355 e. The highest BCUT2D eigenvalue weighted by Gasteiger charge is 2.17. The zero-order chi connectivity index (χ0) is 20.7. The highest BCUT2D eigenvalue weighted by atomic mass is 127. The van der Waals surface area contributed by atoms with Crippen LogP contribution in [-0.2, 0) is 10.0 Å². The van der Waals surface area contributed by atoms with Crippen molar-refractivity contribution >= 4 is 45.5 Å². The Morgan fingerprint density at radius 1 is 1.07 bits per heavy atom. The Morgan fingerprint density at radius 3 is 2.37 bits per heavy atom. The zero-order valence-corrected chi connectivity index (χ0v) is 20.5. The lowest BCUT2D eigenvalue weighted by Gasteiger charge is -2.29. The van der Waals surface area contributed by atoms with Crippen LogP contribution in [0.3, 0.4) is 0 Å². The molecular formula is C22H29IN4O2S. The third kappa shape index (κ3) is 6.55. The van der Waals surface area contributed by atoms with Crippen LogP contribution in [0.4, 0.5) is 0 Å². The molecule has 0 aromatic heterocycles. The van der Waals surface area contributed by atoms with Gasteiger partial charge >= 0.3 is 0 Å². The van der Waals surface area contributed by atoms with Crippen molar-refractivity contribution < 1.29 is 8.42 Å². The molecule has 1 heterocycles. The summed E-state index contributed by atoms with van der Waals surface area (Å²) in [5.41, 5.74) is 3.64. The number of hydrogen-bond acceptors (Lipinski definition) is 3. The van der Waals surface area contributed by atoms with Crippen molar-refractivity contribution in [3.63, 3.8) is 0 Å². The summed E-state index contributed by atoms with van der Waals surface area (Å²) >= 11 is 0. The van der Waals surface area contributed by atoms with Gasteiger partial charge < -0.3 is 10.2 Å². The topological polar surface area (TPSA) is 73.8 Å². The average molecular weight is 540 g/mol. The van der Waals surface area contributed by atoms with Crippen molar-refractivity contribution in [1.29, 1.82) is 0 Å². The number of nitrogens with one attached hydrogen (secondary N) is 2. The van der Waals surface area contributed by atoms with Gasteiger partial charge in [-0.2, -0.15) is 0 Å². The SMILES string of the molecule is CN=C(NCCNS(=O)(=O)c1ccc(C)cc1)N1CC=C(c2ccccc2)CC1.I. The highest BCUT2D eigenvalue weighted by molar-refractivity contribution is 14.0. The van der Waals surface area contributed by atoms with E-state index in [0.29, 0.717) is 6.54 Å². The first-order chi connectivity index (χ1) is 14.0. The summed E-state index contributed by atoms with van der Waals surface area (Å²) in [5.74, 6) is 0.780. The fraction of sp³-hybridized carbons (Fsp3) is 0.318. The van der Waals surface area contributed by atoms with Gasteiger partial charge in [0.15, 0.2) is 5.96 Å². The lowest BCUT2D eigenvalue weighted by molar-refractivity contribution is 0.440. The Balaban J connectivity index is 0.00000320. The molecule has 162 valence electrons. The van der Waals surface area contributed by atoms with Gasteiger partial charge in [0.1, 0.15) is 0 Å². The van der Waals surface area contributed by atoms with Gasteiger partial charge in [-0.15, -0.1) is 24.0 Å². The molecule has 0 spiro atoms. The van der Waals surface area contributed by atoms with Crippen molar-refractivity contribution in [2.75, 3.05) is 33.2 Å². The molecule has 2 aromatic carbocycles.